The van der Waals surface area contributed by atoms with Gasteiger partial charge in [0, 0.05) is 17.3 Å². The molecule has 0 aliphatic carbocycles. The van der Waals surface area contributed by atoms with Gasteiger partial charge in [-0.25, -0.2) is 0 Å². The normalized spacial score (nSPS) is 10.3. The molecule has 0 aliphatic rings. The number of carbonyl (C=O) groups is 1. The summed E-state index contributed by atoms with van der Waals surface area (Å²) >= 11 is 0. The zero-order chi connectivity index (χ0) is 14.0. The molecule has 0 spiro atoms. The van der Waals surface area contributed by atoms with Crippen LogP contribution >= 0.6 is 0 Å². The van der Waals surface area contributed by atoms with Crippen LogP contribution in [0, 0.1) is 20.8 Å². The summed E-state index contributed by atoms with van der Waals surface area (Å²) in [7, 11) is 0. The topological polar surface area (TPSA) is 49.3 Å². The summed E-state index contributed by atoms with van der Waals surface area (Å²) < 4.78 is 0. The molecule has 0 aliphatic heterocycles. The highest BCUT2D eigenvalue weighted by atomic mass is 16.3. The Morgan fingerprint density at radius 2 is 1.63 bits per heavy atom. The number of rotatable bonds is 2. The van der Waals surface area contributed by atoms with Crippen molar-refractivity contribution in [2.24, 2.45) is 0 Å². The van der Waals surface area contributed by atoms with E-state index in [1.54, 1.807) is 18.2 Å². The van der Waals surface area contributed by atoms with Crippen molar-refractivity contribution < 1.29 is 9.90 Å². The number of phenols is 1. The number of amides is 1. The second kappa shape index (κ2) is 5.14. The minimum absolute atomic E-state index is 0.171. The number of aromatic hydroxyl groups is 1. The summed E-state index contributed by atoms with van der Waals surface area (Å²) in [6, 6.07) is 10.8. The molecule has 98 valence electrons. The minimum atomic E-state index is -0.171. The van der Waals surface area contributed by atoms with Gasteiger partial charge in [0.15, 0.2) is 0 Å². The van der Waals surface area contributed by atoms with Gasteiger partial charge in [0.2, 0.25) is 0 Å². The third kappa shape index (κ3) is 3.13. The number of carbonyl (C=O) groups excluding carboxylic acids is 1. The predicted molar refractivity (Wildman–Crippen MR) is 76.7 cm³/mol. The summed E-state index contributed by atoms with van der Waals surface area (Å²) in [6.45, 7) is 5.73. The highest BCUT2D eigenvalue weighted by Crippen LogP contribution is 2.21. The lowest BCUT2D eigenvalue weighted by molar-refractivity contribution is 0.102. The molecule has 0 radical (unpaired) electrons. The van der Waals surface area contributed by atoms with Gasteiger partial charge in [-0.2, -0.15) is 0 Å². The Hall–Kier alpha value is -2.29. The van der Waals surface area contributed by atoms with Gasteiger partial charge in [0.05, 0.1) is 0 Å². The van der Waals surface area contributed by atoms with Crippen molar-refractivity contribution in [2.75, 3.05) is 5.32 Å². The van der Waals surface area contributed by atoms with Crippen LogP contribution < -0.4 is 5.32 Å². The molecule has 2 N–H and O–H groups in total. The van der Waals surface area contributed by atoms with Crippen molar-refractivity contribution in [3.8, 4) is 5.75 Å². The summed E-state index contributed by atoms with van der Waals surface area (Å²) in [4.78, 5) is 12.1. The highest BCUT2D eigenvalue weighted by molar-refractivity contribution is 6.04. The van der Waals surface area contributed by atoms with Gasteiger partial charge in [0.1, 0.15) is 5.75 Å². The summed E-state index contributed by atoms with van der Waals surface area (Å²) in [5.74, 6) is 0.00766. The summed E-state index contributed by atoms with van der Waals surface area (Å²) in [5.41, 5.74) is 4.10. The first kappa shape index (κ1) is 13.1. The van der Waals surface area contributed by atoms with Gasteiger partial charge >= 0.3 is 0 Å². The molecule has 2 aromatic rings. The van der Waals surface area contributed by atoms with Crippen molar-refractivity contribution in [2.45, 2.75) is 20.8 Å². The van der Waals surface area contributed by atoms with Crippen LogP contribution in [-0.2, 0) is 0 Å². The van der Waals surface area contributed by atoms with Crippen LogP contribution in [0.1, 0.15) is 27.0 Å². The molecular formula is C16H17NO2. The maximum absolute atomic E-state index is 12.1. The number of benzene rings is 2. The molecule has 0 unspecified atom stereocenters. The van der Waals surface area contributed by atoms with Crippen LogP contribution in [0.25, 0.3) is 0 Å². The smallest absolute Gasteiger partial charge is 0.255 e. The third-order valence-electron chi connectivity index (χ3n) is 2.95. The largest absolute Gasteiger partial charge is 0.508 e. The number of nitrogens with one attached hydrogen (secondary N) is 1. The van der Waals surface area contributed by atoms with Crippen LogP contribution in [0.15, 0.2) is 36.4 Å². The van der Waals surface area contributed by atoms with E-state index < -0.39 is 0 Å². The fraction of sp³-hybridized carbons (Fsp3) is 0.188. The summed E-state index contributed by atoms with van der Waals surface area (Å²) in [6.07, 6.45) is 0. The lowest BCUT2D eigenvalue weighted by atomic mass is 10.1. The first-order chi connectivity index (χ1) is 8.95. The van der Waals surface area contributed by atoms with E-state index in [0.717, 1.165) is 16.7 Å². The second-order valence-corrected chi connectivity index (χ2v) is 4.83. The Morgan fingerprint density at radius 3 is 2.21 bits per heavy atom. The Balaban J connectivity index is 2.22. The summed E-state index contributed by atoms with van der Waals surface area (Å²) in [5, 5.41) is 12.4. The van der Waals surface area contributed by atoms with E-state index in [0.29, 0.717) is 11.3 Å². The average molecular weight is 255 g/mol. The number of hydrogen-bond donors (Lipinski definition) is 2. The van der Waals surface area contributed by atoms with Gasteiger partial charge in [0.25, 0.3) is 5.91 Å². The highest BCUT2D eigenvalue weighted by Gasteiger charge is 2.08. The van der Waals surface area contributed by atoms with Gasteiger partial charge < -0.3 is 10.4 Å². The molecule has 0 fully saturated rings. The maximum atomic E-state index is 12.1. The lowest BCUT2D eigenvalue weighted by Crippen LogP contribution is -2.12. The average Bonchev–Trinajstić information content (AvgIpc) is 2.32. The van der Waals surface area contributed by atoms with E-state index in [9.17, 15) is 9.90 Å². The fourth-order valence-corrected chi connectivity index (χ4v) is 2.00. The Morgan fingerprint density at radius 1 is 1.00 bits per heavy atom. The lowest BCUT2D eigenvalue weighted by Gasteiger charge is -2.08. The van der Waals surface area contributed by atoms with E-state index in [1.165, 1.54) is 0 Å². The molecule has 2 aromatic carbocycles. The first-order valence-corrected chi connectivity index (χ1v) is 6.15. The Kier molecular flexibility index (Phi) is 3.56. The van der Waals surface area contributed by atoms with E-state index >= 15 is 0 Å². The van der Waals surface area contributed by atoms with E-state index in [4.69, 9.17) is 0 Å². The van der Waals surface area contributed by atoms with Crippen LogP contribution in [0.5, 0.6) is 5.75 Å². The van der Waals surface area contributed by atoms with Crippen molar-refractivity contribution in [1.82, 2.24) is 0 Å². The molecule has 0 aromatic heterocycles. The standard InChI is InChI=1S/C16H17NO2/c1-10-6-11(2)8-13(7-10)16(19)17-14-5-4-12(3)15(18)9-14/h4-9,18H,1-3H3,(H,17,19). The second-order valence-electron chi connectivity index (χ2n) is 4.83. The van der Waals surface area contributed by atoms with Crippen molar-refractivity contribution in [3.05, 3.63) is 58.7 Å². The van der Waals surface area contributed by atoms with Gasteiger partial charge in [-0.1, -0.05) is 23.3 Å². The van der Waals surface area contributed by atoms with Crippen LogP contribution in [0.4, 0.5) is 5.69 Å². The first-order valence-electron chi connectivity index (χ1n) is 6.15. The van der Waals surface area contributed by atoms with E-state index in [2.05, 4.69) is 5.32 Å². The van der Waals surface area contributed by atoms with Gasteiger partial charge in [-0.3, -0.25) is 4.79 Å². The molecule has 19 heavy (non-hydrogen) atoms. The van der Waals surface area contributed by atoms with Gasteiger partial charge in [-0.15, -0.1) is 0 Å². The van der Waals surface area contributed by atoms with Crippen molar-refractivity contribution >= 4 is 11.6 Å². The molecule has 0 atom stereocenters. The van der Waals surface area contributed by atoms with Crippen LogP contribution in [-0.4, -0.2) is 11.0 Å². The van der Waals surface area contributed by atoms with E-state index in [1.807, 2.05) is 39.0 Å². The number of aryl methyl sites for hydroxylation is 3. The molecule has 1 amide bonds. The fourth-order valence-electron chi connectivity index (χ4n) is 2.00. The zero-order valence-electron chi connectivity index (χ0n) is 11.3. The third-order valence-corrected chi connectivity index (χ3v) is 2.95. The number of anilines is 1. The Labute approximate surface area is 112 Å². The molecule has 3 nitrogen and oxygen atoms in total. The molecule has 2 rings (SSSR count). The van der Waals surface area contributed by atoms with Gasteiger partial charge in [-0.05, 0) is 44.5 Å². The maximum Gasteiger partial charge on any atom is 0.255 e. The molecule has 3 heteroatoms. The SMILES string of the molecule is Cc1cc(C)cc(C(=O)Nc2ccc(C)c(O)c2)c1. The predicted octanol–water partition coefficient (Wildman–Crippen LogP) is 3.57. The molecular weight excluding hydrogens is 238 g/mol. The molecule has 0 heterocycles. The van der Waals surface area contributed by atoms with Crippen LogP contribution in [0.3, 0.4) is 0 Å². The minimum Gasteiger partial charge on any atom is -0.508 e. The quantitative estimate of drug-likeness (QED) is 0.861. The number of phenolic OH excluding ortho intramolecular Hbond substituents is 1. The van der Waals surface area contributed by atoms with E-state index in [-0.39, 0.29) is 11.7 Å². The Bertz CT molecular complexity index is 612. The zero-order valence-corrected chi connectivity index (χ0v) is 11.3. The molecule has 0 saturated heterocycles. The van der Waals surface area contributed by atoms with Crippen molar-refractivity contribution in [3.63, 3.8) is 0 Å². The van der Waals surface area contributed by atoms with Crippen molar-refractivity contribution in [1.29, 1.82) is 0 Å². The molecule has 0 saturated carbocycles. The molecule has 0 bridgehead atoms. The monoisotopic (exact) mass is 255 g/mol. The van der Waals surface area contributed by atoms with Crippen LogP contribution in [0.2, 0.25) is 0 Å². The number of hydrogen-bond acceptors (Lipinski definition) is 2.